The second-order valence-electron chi connectivity index (χ2n) is 5.06. The number of carboxylic acids is 1. The van der Waals surface area contributed by atoms with Crippen molar-refractivity contribution in [3.8, 4) is 0 Å². The SMILES string of the molecule is CC(C)(C)OC(=O)NC(C(=O)O)c1cccc(Cl)c1F. The van der Waals surface area contributed by atoms with E-state index in [1.54, 1.807) is 20.8 Å². The molecule has 0 aliphatic rings. The van der Waals surface area contributed by atoms with E-state index in [9.17, 15) is 14.0 Å². The Morgan fingerprint density at radius 2 is 2.00 bits per heavy atom. The Labute approximate surface area is 120 Å². The lowest BCUT2D eigenvalue weighted by Gasteiger charge is -2.22. The Kier molecular flexibility index (Phi) is 4.94. The number of carboxylic acid groups (broad SMARTS) is 1. The molecule has 0 bridgehead atoms. The van der Waals surface area contributed by atoms with Gasteiger partial charge >= 0.3 is 12.1 Å². The predicted octanol–water partition coefficient (Wildman–Crippen LogP) is 3.13. The van der Waals surface area contributed by atoms with Gasteiger partial charge in [0, 0.05) is 5.56 Å². The zero-order chi connectivity index (χ0) is 15.5. The van der Waals surface area contributed by atoms with Crippen molar-refractivity contribution in [2.24, 2.45) is 0 Å². The van der Waals surface area contributed by atoms with Crippen molar-refractivity contribution in [2.75, 3.05) is 0 Å². The molecule has 1 amide bonds. The molecule has 0 aliphatic carbocycles. The number of hydrogen-bond acceptors (Lipinski definition) is 3. The van der Waals surface area contributed by atoms with Gasteiger partial charge in [-0.1, -0.05) is 23.7 Å². The summed E-state index contributed by atoms with van der Waals surface area (Å²) in [5.41, 5.74) is -1.03. The van der Waals surface area contributed by atoms with Crippen LogP contribution in [0.25, 0.3) is 0 Å². The molecule has 0 saturated heterocycles. The van der Waals surface area contributed by atoms with Crippen molar-refractivity contribution in [2.45, 2.75) is 32.4 Å². The average molecular weight is 304 g/mol. The maximum atomic E-state index is 13.8. The summed E-state index contributed by atoms with van der Waals surface area (Å²) in [4.78, 5) is 22.8. The molecule has 1 aromatic carbocycles. The fraction of sp³-hybridized carbons (Fsp3) is 0.385. The first kappa shape index (κ1) is 16.2. The number of alkyl carbamates (subject to hydrolysis) is 1. The lowest BCUT2D eigenvalue weighted by atomic mass is 10.1. The van der Waals surface area contributed by atoms with E-state index in [0.717, 1.165) is 0 Å². The molecular formula is C13H15ClFNO4. The van der Waals surface area contributed by atoms with Gasteiger partial charge in [-0.2, -0.15) is 0 Å². The first-order valence-corrected chi connectivity index (χ1v) is 6.16. The molecule has 0 spiro atoms. The highest BCUT2D eigenvalue weighted by Gasteiger charge is 2.28. The first-order chi connectivity index (χ1) is 9.11. The van der Waals surface area contributed by atoms with Crippen molar-refractivity contribution < 1.29 is 23.8 Å². The molecule has 2 N–H and O–H groups in total. The standard InChI is InChI=1S/C13H15ClFNO4/c1-13(2,3)20-12(19)16-10(11(17)18)7-5-4-6-8(14)9(7)15/h4-6,10H,1-3H3,(H,16,19)(H,17,18). The fourth-order valence-corrected chi connectivity index (χ4v) is 1.62. The maximum absolute atomic E-state index is 13.8. The molecule has 0 saturated carbocycles. The molecule has 0 aliphatic heterocycles. The highest BCUT2D eigenvalue weighted by molar-refractivity contribution is 6.30. The first-order valence-electron chi connectivity index (χ1n) is 5.78. The number of nitrogens with one attached hydrogen (secondary N) is 1. The molecule has 1 rings (SSSR count). The van der Waals surface area contributed by atoms with E-state index < -0.39 is 29.5 Å². The zero-order valence-electron chi connectivity index (χ0n) is 11.2. The number of hydrogen-bond donors (Lipinski definition) is 2. The Balaban J connectivity index is 2.99. The topological polar surface area (TPSA) is 75.6 Å². The van der Waals surface area contributed by atoms with Gasteiger partial charge in [0.25, 0.3) is 0 Å². The smallest absolute Gasteiger partial charge is 0.408 e. The van der Waals surface area contributed by atoms with E-state index in [-0.39, 0.29) is 10.6 Å². The summed E-state index contributed by atoms with van der Waals surface area (Å²) in [6.45, 7) is 4.88. The third-order valence-electron chi connectivity index (χ3n) is 2.20. The molecular weight excluding hydrogens is 289 g/mol. The van der Waals surface area contributed by atoms with Gasteiger partial charge in [-0.25, -0.2) is 14.0 Å². The number of carbonyl (C=O) groups is 2. The van der Waals surface area contributed by atoms with Crippen molar-refractivity contribution in [3.05, 3.63) is 34.6 Å². The second-order valence-corrected chi connectivity index (χ2v) is 5.47. The van der Waals surface area contributed by atoms with E-state index in [1.165, 1.54) is 18.2 Å². The Morgan fingerprint density at radius 3 is 2.50 bits per heavy atom. The minimum Gasteiger partial charge on any atom is -0.479 e. The quantitative estimate of drug-likeness (QED) is 0.899. The van der Waals surface area contributed by atoms with Crippen LogP contribution in [0.2, 0.25) is 5.02 Å². The van der Waals surface area contributed by atoms with Crippen LogP contribution in [0.4, 0.5) is 9.18 Å². The third-order valence-corrected chi connectivity index (χ3v) is 2.49. The van der Waals surface area contributed by atoms with E-state index in [2.05, 4.69) is 5.32 Å². The number of halogens is 2. The van der Waals surface area contributed by atoms with Gasteiger partial charge in [0.1, 0.15) is 11.4 Å². The van der Waals surface area contributed by atoms with Crippen LogP contribution in [-0.4, -0.2) is 22.8 Å². The lowest BCUT2D eigenvalue weighted by Crippen LogP contribution is -2.38. The largest absolute Gasteiger partial charge is 0.479 e. The minimum absolute atomic E-state index is 0.222. The summed E-state index contributed by atoms with van der Waals surface area (Å²) < 4.78 is 18.8. The highest BCUT2D eigenvalue weighted by Crippen LogP contribution is 2.24. The van der Waals surface area contributed by atoms with Crippen LogP contribution in [-0.2, 0) is 9.53 Å². The molecule has 5 nitrogen and oxygen atoms in total. The van der Waals surface area contributed by atoms with Gasteiger partial charge in [-0.15, -0.1) is 0 Å². The van der Waals surface area contributed by atoms with Crippen LogP contribution < -0.4 is 5.32 Å². The van der Waals surface area contributed by atoms with Crippen LogP contribution in [0.1, 0.15) is 32.4 Å². The number of aliphatic carboxylic acids is 1. The lowest BCUT2D eigenvalue weighted by molar-refractivity contribution is -0.139. The third kappa shape index (κ3) is 4.38. The molecule has 0 fully saturated rings. The molecule has 1 unspecified atom stereocenters. The Hall–Kier alpha value is -1.82. The van der Waals surface area contributed by atoms with Gasteiger partial charge in [-0.05, 0) is 26.8 Å². The monoisotopic (exact) mass is 303 g/mol. The van der Waals surface area contributed by atoms with Crippen LogP contribution in [0.3, 0.4) is 0 Å². The highest BCUT2D eigenvalue weighted by atomic mass is 35.5. The van der Waals surface area contributed by atoms with Crippen molar-refractivity contribution >= 4 is 23.7 Å². The van der Waals surface area contributed by atoms with Crippen LogP contribution in [0.15, 0.2) is 18.2 Å². The van der Waals surface area contributed by atoms with Crippen molar-refractivity contribution in [1.82, 2.24) is 5.32 Å². The van der Waals surface area contributed by atoms with Crippen LogP contribution in [0.5, 0.6) is 0 Å². The zero-order valence-corrected chi connectivity index (χ0v) is 12.0. The Morgan fingerprint density at radius 1 is 1.40 bits per heavy atom. The predicted molar refractivity (Wildman–Crippen MR) is 71.2 cm³/mol. The molecule has 20 heavy (non-hydrogen) atoms. The summed E-state index contributed by atoms with van der Waals surface area (Å²) in [7, 11) is 0. The number of benzene rings is 1. The molecule has 0 heterocycles. The average Bonchev–Trinajstić information content (AvgIpc) is 2.27. The van der Waals surface area contributed by atoms with Gasteiger partial charge < -0.3 is 15.2 Å². The Bertz CT molecular complexity index is 528. The van der Waals surface area contributed by atoms with E-state index in [1.807, 2.05) is 0 Å². The van der Waals surface area contributed by atoms with E-state index in [4.69, 9.17) is 21.4 Å². The van der Waals surface area contributed by atoms with Gasteiger partial charge in [0.05, 0.1) is 5.02 Å². The summed E-state index contributed by atoms with van der Waals surface area (Å²) in [6.07, 6.45) is -0.954. The number of amides is 1. The number of carbonyl (C=O) groups excluding carboxylic acids is 1. The van der Waals surface area contributed by atoms with Gasteiger partial charge in [0.15, 0.2) is 6.04 Å². The van der Waals surface area contributed by atoms with E-state index in [0.29, 0.717) is 0 Å². The van der Waals surface area contributed by atoms with Crippen LogP contribution >= 0.6 is 11.6 Å². The normalized spacial score (nSPS) is 12.7. The maximum Gasteiger partial charge on any atom is 0.408 e. The summed E-state index contributed by atoms with van der Waals surface area (Å²) in [5.74, 6) is -2.31. The summed E-state index contributed by atoms with van der Waals surface area (Å²) in [6, 6.07) is 2.33. The van der Waals surface area contributed by atoms with Crippen LogP contribution in [0, 0.1) is 5.82 Å². The molecule has 1 aromatic rings. The molecule has 0 radical (unpaired) electrons. The molecule has 1 atom stereocenters. The summed E-state index contributed by atoms with van der Waals surface area (Å²) in [5, 5.41) is 11.0. The number of rotatable bonds is 3. The van der Waals surface area contributed by atoms with Gasteiger partial charge in [0.2, 0.25) is 0 Å². The molecule has 7 heteroatoms. The van der Waals surface area contributed by atoms with E-state index >= 15 is 0 Å². The fourth-order valence-electron chi connectivity index (χ4n) is 1.44. The molecule has 110 valence electrons. The van der Waals surface area contributed by atoms with Gasteiger partial charge in [-0.3, -0.25) is 0 Å². The van der Waals surface area contributed by atoms with Crippen molar-refractivity contribution in [1.29, 1.82) is 0 Å². The number of ether oxygens (including phenoxy) is 1. The molecule has 0 aromatic heterocycles. The minimum atomic E-state index is -1.58. The van der Waals surface area contributed by atoms with Crippen molar-refractivity contribution in [3.63, 3.8) is 0 Å². The second kappa shape index (κ2) is 6.09. The summed E-state index contributed by atoms with van der Waals surface area (Å²) >= 11 is 5.59.